The molecule has 1 aliphatic rings. The molecule has 0 saturated carbocycles. The molecule has 0 aliphatic carbocycles. The second-order valence-electron chi connectivity index (χ2n) is 7.30. The first-order valence-corrected chi connectivity index (χ1v) is 10.3. The first-order chi connectivity index (χ1) is 15.4. The Bertz CT molecular complexity index is 1270. The van der Waals surface area contributed by atoms with Gasteiger partial charge >= 0.3 is 17.6 Å². The summed E-state index contributed by atoms with van der Waals surface area (Å²) in [6, 6.07) is 10.7. The fourth-order valence-electron chi connectivity index (χ4n) is 3.45. The second-order valence-corrected chi connectivity index (χ2v) is 7.70. The molecule has 8 nitrogen and oxygen atoms in total. The second kappa shape index (κ2) is 8.84. The zero-order valence-electron chi connectivity index (χ0n) is 17.1. The van der Waals surface area contributed by atoms with Crippen molar-refractivity contribution in [2.45, 2.75) is 26.5 Å². The fraction of sp³-hybridized carbons (Fsp3) is 0.217. The van der Waals surface area contributed by atoms with E-state index >= 15 is 0 Å². The monoisotopic (exact) mass is 454 g/mol. The molecule has 0 unspecified atom stereocenters. The summed E-state index contributed by atoms with van der Waals surface area (Å²) in [5.41, 5.74) is 2.17. The molecule has 1 fully saturated rings. The zero-order valence-corrected chi connectivity index (χ0v) is 17.9. The Hall–Kier alpha value is -3.65. The third-order valence-electron chi connectivity index (χ3n) is 5.20. The minimum atomic E-state index is -0.579. The number of imide groups is 1. The van der Waals surface area contributed by atoms with Gasteiger partial charge in [0.2, 0.25) is 5.91 Å². The maximum atomic E-state index is 12.5. The number of nitrogens with zero attached hydrogens (tertiary/aromatic N) is 1. The van der Waals surface area contributed by atoms with Crippen LogP contribution in [0.5, 0.6) is 0 Å². The number of amides is 3. The lowest BCUT2D eigenvalue weighted by molar-refractivity contribution is -0.125. The van der Waals surface area contributed by atoms with Gasteiger partial charge in [0, 0.05) is 22.0 Å². The quantitative estimate of drug-likeness (QED) is 0.347. The highest BCUT2D eigenvalue weighted by Crippen LogP contribution is 2.26. The van der Waals surface area contributed by atoms with Gasteiger partial charge in [-0.15, -0.1) is 0 Å². The molecule has 1 aliphatic heterocycles. The highest BCUT2D eigenvalue weighted by Gasteiger charge is 2.28. The van der Waals surface area contributed by atoms with Gasteiger partial charge in [-0.05, 0) is 41.8 Å². The highest BCUT2D eigenvalue weighted by molar-refractivity contribution is 6.32. The van der Waals surface area contributed by atoms with E-state index in [2.05, 4.69) is 5.32 Å². The molecule has 1 saturated heterocycles. The van der Waals surface area contributed by atoms with Crippen molar-refractivity contribution in [1.82, 2.24) is 10.2 Å². The molecule has 0 spiro atoms. The van der Waals surface area contributed by atoms with E-state index in [1.807, 2.05) is 6.92 Å². The Labute approximate surface area is 187 Å². The molecule has 0 atom stereocenters. The number of nitrogens with one attached hydrogen (secondary N) is 1. The predicted molar refractivity (Wildman–Crippen MR) is 116 cm³/mol. The smallest absolute Gasteiger partial charge is 0.338 e. The van der Waals surface area contributed by atoms with E-state index in [0.29, 0.717) is 39.1 Å². The Morgan fingerprint density at radius 1 is 1.12 bits per heavy atom. The lowest BCUT2D eigenvalue weighted by atomic mass is 10.1. The van der Waals surface area contributed by atoms with Gasteiger partial charge in [-0.25, -0.2) is 14.4 Å². The minimum absolute atomic E-state index is 0.0132. The van der Waals surface area contributed by atoms with E-state index in [0.717, 1.165) is 10.5 Å². The number of benzene rings is 2. The Kier molecular flexibility index (Phi) is 5.96. The molecule has 3 aromatic rings. The van der Waals surface area contributed by atoms with Crippen molar-refractivity contribution in [1.29, 1.82) is 0 Å². The van der Waals surface area contributed by atoms with Gasteiger partial charge in [0.1, 0.15) is 12.2 Å². The zero-order chi connectivity index (χ0) is 22.8. The number of aryl methyl sites for hydroxylation is 1. The summed E-state index contributed by atoms with van der Waals surface area (Å²) < 4.78 is 10.7. The molecule has 1 N–H and O–H groups in total. The molecule has 164 valence electrons. The third kappa shape index (κ3) is 4.36. The van der Waals surface area contributed by atoms with E-state index in [1.165, 1.54) is 6.07 Å². The maximum absolute atomic E-state index is 12.5. The van der Waals surface area contributed by atoms with Crippen LogP contribution in [0.1, 0.15) is 34.0 Å². The number of halogens is 1. The van der Waals surface area contributed by atoms with Crippen molar-refractivity contribution in [3.8, 4) is 0 Å². The molecule has 0 radical (unpaired) electrons. The normalized spacial score (nSPS) is 13.5. The van der Waals surface area contributed by atoms with Gasteiger partial charge in [-0.2, -0.15) is 0 Å². The van der Waals surface area contributed by atoms with Crippen LogP contribution in [0.15, 0.2) is 51.7 Å². The van der Waals surface area contributed by atoms with Crippen LogP contribution in [-0.2, 0) is 29.1 Å². The highest BCUT2D eigenvalue weighted by atomic mass is 35.5. The molecular formula is C23H19ClN2O6. The molecule has 4 rings (SSSR count). The molecule has 2 heterocycles. The average Bonchev–Trinajstić information content (AvgIpc) is 3.09. The summed E-state index contributed by atoms with van der Waals surface area (Å²) in [6.45, 7) is 1.92. The van der Waals surface area contributed by atoms with Gasteiger partial charge in [0.25, 0.3) is 0 Å². The van der Waals surface area contributed by atoms with E-state index < -0.39 is 17.6 Å². The number of ether oxygens (including phenoxy) is 1. The lowest BCUT2D eigenvalue weighted by Gasteiger charge is -2.12. The number of rotatable bonds is 6. The van der Waals surface area contributed by atoms with E-state index in [4.69, 9.17) is 20.8 Å². The lowest BCUT2D eigenvalue weighted by Crippen LogP contribution is -2.30. The van der Waals surface area contributed by atoms with Gasteiger partial charge < -0.3 is 14.5 Å². The summed E-state index contributed by atoms with van der Waals surface area (Å²) >= 11 is 6.29. The molecule has 32 heavy (non-hydrogen) atoms. The number of hydrogen-bond donors (Lipinski definition) is 1. The van der Waals surface area contributed by atoms with Crippen LogP contribution in [0.2, 0.25) is 5.02 Å². The van der Waals surface area contributed by atoms with Gasteiger partial charge in [0.05, 0.1) is 18.7 Å². The van der Waals surface area contributed by atoms with Crippen molar-refractivity contribution in [2.75, 3.05) is 6.54 Å². The average molecular weight is 455 g/mol. The van der Waals surface area contributed by atoms with E-state index in [-0.39, 0.29) is 25.6 Å². The summed E-state index contributed by atoms with van der Waals surface area (Å²) in [7, 11) is 0. The van der Waals surface area contributed by atoms with Gasteiger partial charge in [-0.1, -0.05) is 30.7 Å². The topological polar surface area (TPSA) is 106 Å². The Balaban J connectivity index is 1.47. The largest absolute Gasteiger partial charge is 0.457 e. The molecule has 1 aromatic heterocycles. The summed E-state index contributed by atoms with van der Waals surface area (Å²) in [5.74, 6) is -0.881. The number of fused-ring (bicyclic) bond motifs is 1. The number of esters is 1. The van der Waals surface area contributed by atoms with Crippen molar-refractivity contribution in [2.24, 2.45) is 0 Å². The summed E-state index contributed by atoms with van der Waals surface area (Å²) in [4.78, 5) is 48.9. The van der Waals surface area contributed by atoms with Gasteiger partial charge in [-0.3, -0.25) is 9.69 Å². The number of hydrogen-bond acceptors (Lipinski definition) is 6. The van der Waals surface area contributed by atoms with Crippen molar-refractivity contribution >= 4 is 40.5 Å². The molecule has 9 heteroatoms. The van der Waals surface area contributed by atoms with Crippen LogP contribution in [0.4, 0.5) is 4.79 Å². The van der Waals surface area contributed by atoms with Crippen LogP contribution in [0, 0.1) is 0 Å². The van der Waals surface area contributed by atoms with Crippen LogP contribution in [0.25, 0.3) is 11.0 Å². The first kappa shape index (κ1) is 21.6. The minimum Gasteiger partial charge on any atom is -0.457 e. The van der Waals surface area contributed by atoms with Gasteiger partial charge in [0.15, 0.2) is 0 Å². The number of carbonyl (C=O) groups excluding carboxylic acids is 3. The molecule has 2 aromatic carbocycles. The third-order valence-corrected chi connectivity index (χ3v) is 5.56. The van der Waals surface area contributed by atoms with Crippen molar-refractivity contribution < 1.29 is 23.5 Å². The fourth-order valence-corrected chi connectivity index (χ4v) is 3.75. The van der Waals surface area contributed by atoms with E-state index in [1.54, 1.807) is 36.4 Å². The molecular weight excluding hydrogens is 436 g/mol. The summed E-state index contributed by atoms with van der Waals surface area (Å²) in [5, 5.41) is 3.60. The maximum Gasteiger partial charge on any atom is 0.338 e. The molecule has 3 amide bonds. The van der Waals surface area contributed by atoms with Crippen LogP contribution < -0.4 is 10.9 Å². The predicted octanol–water partition coefficient (Wildman–Crippen LogP) is 3.42. The summed E-state index contributed by atoms with van der Waals surface area (Å²) in [6.07, 6.45) is 0.685. The van der Waals surface area contributed by atoms with E-state index in [9.17, 15) is 19.2 Å². The Morgan fingerprint density at radius 3 is 2.53 bits per heavy atom. The number of urea groups is 1. The van der Waals surface area contributed by atoms with Crippen molar-refractivity contribution in [3.05, 3.63) is 80.2 Å². The SMILES string of the molecule is CCc1cc2oc(=O)cc(COC(=O)c3ccc(CN4C(=O)CNC4=O)cc3)c2cc1Cl. The molecule has 0 bridgehead atoms. The van der Waals surface area contributed by atoms with Crippen LogP contribution >= 0.6 is 11.6 Å². The standard InChI is InChI=1S/C23H19ClN2O6/c1-2-14-7-19-17(9-18(14)24)16(8-21(28)32-19)12-31-22(29)15-5-3-13(4-6-15)11-26-20(27)10-25-23(26)30/h3-9H,2,10-12H2,1H3,(H,25,30). The van der Waals surface area contributed by atoms with Crippen LogP contribution in [0.3, 0.4) is 0 Å². The van der Waals surface area contributed by atoms with Crippen molar-refractivity contribution in [3.63, 3.8) is 0 Å². The first-order valence-electron chi connectivity index (χ1n) is 9.95. The van der Waals surface area contributed by atoms with Crippen LogP contribution in [-0.4, -0.2) is 29.4 Å². The number of carbonyl (C=O) groups is 3. The Morgan fingerprint density at radius 2 is 1.88 bits per heavy atom.